The van der Waals surface area contributed by atoms with E-state index in [1.165, 1.54) is 25.7 Å². The quantitative estimate of drug-likeness (QED) is 0.624. The number of hydrogen-bond donors (Lipinski definition) is 2. The van der Waals surface area contributed by atoms with Crippen molar-refractivity contribution in [3.05, 3.63) is 24.0 Å². The fourth-order valence-corrected chi connectivity index (χ4v) is 2.12. The van der Waals surface area contributed by atoms with Gasteiger partial charge < -0.3 is 15.8 Å². The van der Waals surface area contributed by atoms with Crippen molar-refractivity contribution in [3.8, 4) is 5.75 Å². The third kappa shape index (κ3) is 3.61. The van der Waals surface area contributed by atoms with Crippen LogP contribution in [0.2, 0.25) is 0 Å². The summed E-state index contributed by atoms with van der Waals surface area (Å²) < 4.78 is 5.05. The van der Waals surface area contributed by atoms with E-state index in [1.54, 1.807) is 13.3 Å². The molecule has 1 heterocycles. The molecule has 0 spiro atoms. The molecule has 3 N–H and O–H groups in total. The maximum atomic E-state index is 5.84. The minimum absolute atomic E-state index is 0.496. The van der Waals surface area contributed by atoms with Crippen LogP contribution >= 0.6 is 0 Å². The zero-order valence-electron chi connectivity index (χ0n) is 10.7. The number of aromatic nitrogens is 1. The van der Waals surface area contributed by atoms with Crippen LogP contribution < -0.4 is 15.8 Å². The summed E-state index contributed by atoms with van der Waals surface area (Å²) in [5.41, 5.74) is 6.73. The van der Waals surface area contributed by atoms with Crippen molar-refractivity contribution >= 4 is 5.96 Å². The molecule has 0 atom stereocenters. The van der Waals surface area contributed by atoms with Gasteiger partial charge in [-0.3, -0.25) is 4.98 Å². The van der Waals surface area contributed by atoms with Gasteiger partial charge in [0.05, 0.1) is 25.5 Å². The lowest BCUT2D eigenvalue weighted by Gasteiger charge is -2.12. The molecule has 1 aromatic heterocycles. The molecule has 0 aromatic carbocycles. The number of nitrogens with two attached hydrogens (primary N) is 1. The molecule has 0 bridgehead atoms. The highest BCUT2D eigenvalue weighted by Gasteiger charge is 2.14. The Morgan fingerprint density at radius 2 is 2.28 bits per heavy atom. The van der Waals surface area contributed by atoms with E-state index in [1.807, 2.05) is 12.1 Å². The smallest absolute Gasteiger partial charge is 0.189 e. The maximum Gasteiger partial charge on any atom is 0.189 e. The van der Waals surface area contributed by atoms with Crippen LogP contribution in [0, 0.1) is 0 Å². The summed E-state index contributed by atoms with van der Waals surface area (Å²) in [5, 5.41) is 3.25. The highest BCUT2D eigenvalue weighted by atomic mass is 16.5. The van der Waals surface area contributed by atoms with Gasteiger partial charge >= 0.3 is 0 Å². The van der Waals surface area contributed by atoms with Gasteiger partial charge in [0.2, 0.25) is 0 Å². The topological polar surface area (TPSA) is 72.5 Å². The summed E-state index contributed by atoms with van der Waals surface area (Å²) in [5.74, 6) is 1.26. The second-order valence-corrected chi connectivity index (χ2v) is 4.52. The van der Waals surface area contributed by atoms with Crippen LogP contribution in [-0.4, -0.2) is 24.1 Å². The molecule has 18 heavy (non-hydrogen) atoms. The Bertz CT molecular complexity index is 396. The van der Waals surface area contributed by atoms with Gasteiger partial charge in [-0.1, -0.05) is 12.8 Å². The first-order chi connectivity index (χ1) is 8.78. The molecule has 0 aliphatic heterocycles. The number of rotatable bonds is 4. The van der Waals surface area contributed by atoms with E-state index in [4.69, 9.17) is 10.5 Å². The number of ether oxygens (including phenoxy) is 1. The zero-order chi connectivity index (χ0) is 12.8. The van der Waals surface area contributed by atoms with Crippen LogP contribution in [0.3, 0.4) is 0 Å². The van der Waals surface area contributed by atoms with Crippen molar-refractivity contribution in [1.29, 1.82) is 0 Å². The van der Waals surface area contributed by atoms with Crippen molar-refractivity contribution in [1.82, 2.24) is 10.3 Å². The standard InChI is InChI=1S/C13H20N4O/c1-18-12-7-6-11(15-9-12)8-16-13(14)17-10-4-2-3-5-10/h6-7,9-10H,2-5,8H2,1H3,(H3,14,16,17). The van der Waals surface area contributed by atoms with Crippen LogP contribution in [-0.2, 0) is 6.54 Å². The number of hydrogen-bond acceptors (Lipinski definition) is 3. The second kappa shape index (κ2) is 6.23. The van der Waals surface area contributed by atoms with Gasteiger partial charge in [-0.25, -0.2) is 4.99 Å². The lowest BCUT2D eigenvalue weighted by Crippen LogP contribution is -2.38. The van der Waals surface area contributed by atoms with Crippen LogP contribution in [0.25, 0.3) is 0 Å². The molecule has 1 saturated carbocycles. The summed E-state index contributed by atoms with van der Waals surface area (Å²) in [7, 11) is 1.62. The third-order valence-corrected chi connectivity index (χ3v) is 3.15. The second-order valence-electron chi connectivity index (χ2n) is 4.52. The van der Waals surface area contributed by atoms with Crippen LogP contribution in [0.5, 0.6) is 5.75 Å². The fourth-order valence-electron chi connectivity index (χ4n) is 2.12. The fraction of sp³-hybridized carbons (Fsp3) is 0.538. The molecule has 1 aromatic rings. The van der Waals surface area contributed by atoms with Gasteiger partial charge in [0, 0.05) is 6.04 Å². The first-order valence-corrected chi connectivity index (χ1v) is 6.33. The molecule has 5 nitrogen and oxygen atoms in total. The van der Waals surface area contributed by atoms with E-state index in [0.717, 1.165) is 11.4 Å². The Balaban J connectivity index is 1.84. The van der Waals surface area contributed by atoms with Crippen LogP contribution in [0.15, 0.2) is 23.3 Å². The normalized spacial score (nSPS) is 16.8. The first-order valence-electron chi connectivity index (χ1n) is 6.33. The average Bonchev–Trinajstić information content (AvgIpc) is 2.90. The van der Waals surface area contributed by atoms with Gasteiger partial charge in [-0.15, -0.1) is 0 Å². The molecule has 1 aliphatic carbocycles. The molecule has 0 saturated heterocycles. The number of methoxy groups -OCH3 is 1. The molecule has 0 radical (unpaired) electrons. The van der Waals surface area contributed by atoms with Crippen molar-refractivity contribution in [2.24, 2.45) is 10.7 Å². The molecule has 5 heteroatoms. The van der Waals surface area contributed by atoms with Gasteiger partial charge in [0.15, 0.2) is 5.96 Å². The van der Waals surface area contributed by atoms with Gasteiger partial charge in [0.1, 0.15) is 5.75 Å². The summed E-state index contributed by atoms with van der Waals surface area (Å²) in [6, 6.07) is 4.27. The molecular formula is C13H20N4O. The number of nitrogens with one attached hydrogen (secondary N) is 1. The van der Waals surface area contributed by atoms with Crippen LogP contribution in [0.1, 0.15) is 31.4 Å². The lowest BCUT2D eigenvalue weighted by atomic mass is 10.2. The van der Waals surface area contributed by atoms with Crippen molar-refractivity contribution < 1.29 is 4.74 Å². The largest absolute Gasteiger partial charge is 0.495 e. The molecule has 1 aliphatic rings. The van der Waals surface area contributed by atoms with E-state index in [9.17, 15) is 0 Å². The van der Waals surface area contributed by atoms with E-state index < -0.39 is 0 Å². The summed E-state index contributed by atoms with van der Waals surface area (Å²) >= 11 is 0. The third-order valence-electron chi connectivity index (χ3n) is 3.15. The van der Waals surface area contributed by atoms with Gasteiger partial charge in [0.25, 0.3) is 0 Å². The van der Waals surface area contributed by atoms with Gasteiger partial charge in [-0.05, 0) is 25.0 Å². The van der Waals surface area contributed by atoms with Crippen LogP contribution in [0.4, 0.5) is 0 Å². The molecule has 98 valence electrons. The van der Waals surface area contributed by atoms with Crippen molar-refractivity contribution in [3.63, 3.8) is 0 Å². The van der Waals surface area contributed by atoms with E-state index in [-0.39, 0.29) is 0 Å². The molecular weight excluding hydrogens is 228 g/mol. The number of nitrogens with zero attached hydrogens (tertiary/aromatic N) is 2. The summed E-state index contributed by atoms with van der Waals surface area (Å²) in [6.45, 7) is 0.496. The summed E-state index contributed by atoms with van der Waals surface area (Å²) in [4.78, 5) is 8.53. The Labute approximate surface area is 107 Å². The van der Waals surface area contributed by atoms with E-state index >= 15 is 0 Å². The predicted molar refractivity (Wildman–Crippen MR) is 71.5 cm³/mol. The minimum atomic E-state index is 0.496. The maximum absolute atomic E-state index is 5.84. The molecule has 2 rings (SSSR count). The Morgan fingerprint density at radius 3 is 2.89 bits per heavy atom. The summed E-state index contributed by atoms with van der Waals surface area (Å²) in [6.07, 6.45) is 6.63. The highest BCUT2D eigenvalue weighted by molar-refractivity contribution is 5.78. The average molecular weight is 248 g/mol. The number of aliphatic imine (C=N–C) groups is 1. The minimum Gasteiger partial charge on any atom is -0.495 e. The Morgan fingerprint density at radius 1 is 1.50 bits per heavy atom. The molecule has 1 fully saturated rings. The van der Waals surface area contributed by atoms with Gasteiger partial charge in [-0.2, -0.15) is 0 Å². The highest BCUT2D eigenvalue weighted by Crippen LogP contribution is 2.17. The van der Waals surface area contributed by atoms with E-state index in [2.05, 4.69) is 15.3 Å². The Kier molecular flexibility index (Phi) is 4.39. The first kappa shape index (κ1) is 12.7. The molecule has 0 unspecified atom stereocenters. The Hall–Kier alpha value is -1.78. The van der Waals surface area contributed by atoms with E-state index in [0.29, 0.717) is 18.5 Å². The predicted octanol–water partition coefficient (Wildman–Crippen LogP) is 1.44. The van der Waals surface area contributed by atoms with Crippen molar-refractivity contribution in [2.45, 2.75) is 38.3 Å². The molecule has 0 amide bonds. The monoisotopic (exact) mass is 248 g/mol. The zero-order valence-corrected chi connectivity index (χ0v) is 10.7. The number of guanidine groups is 1. The lowest BCUT2D eigenvalue weighted by molar-refractivity contribution is 0.412. The number of pyridine rings is 1. The van der Waals surface area contributed by atoms with Crippen molar-refractivity contribution in [2.75, 3.05) is 7.11 Å². The SMILES string of the molecule is COc1ccc(CN=C(N)NC2CCCC2)nc1.